The van der Waals surface area contributed by atoms with Gasteiger partial charge in [-0.2, -0.15) is 0 Å². The van der Waals surface area contributed by atoms with E-state index in [1.807, 2.05) is 26.0 Å². The van der Waals surface area contributed by atoms with Crippen LogP contribution in [0.4, 0.5) is 0 Å². The zero-order valence-electron chi connectivity index (χ0n) is 11.3. The van der Waals surface area contributed by atoms with Gasteiger partial charge < -0.3 is 5.32 Å². The number of hydrogen-bond acceptors (Lipinski definition) is 3. The molecule has 0 unspecified atom stereocenters. The Morgan fingerprint density at radius 1 is 1.21 bits per heavy atom. The molecule has 6 heteroatoms. The van der Waals surface area contributed by atoms with E-state index in [1.54, 1.807) is 6.07 Å². The second kappa shape index (κ2) is 6.93. The highest BCUT2D eigenvalue weighted by molar-refractivity contribution is 7.90. The Balaban J connectivity index is 2.55. The van der Waals surface area contributed by atoms with E-state index in [0.717, 1.165) is 5.56 Å². The van der Waals surface area contributed by atoms with Gasteiger partial charge in [0.15, 0.2) is 0 Å². The van der Waals surface area contributed by atoms with Crippen molar-refractivity contribution in [3.05, 3.63) is 33.8 Å². The second-order valence-electron chi connectivity index (χ2n) is 5.00. The lowest BCUT2D eigenvalue weighted by Crippen LogP contribution is -2.28. The number of benzene rings is 1. The Kier molecular flexibility index (Phi) is 6.12. The molecular weight excluding hydrogens is 305 g/mol. The first-order valence-corrected chi connectivity index (χ1v) is 8.86. The van der Waals surface area contributed by atoms with E-state index in [-0.39, 0.29) is 17.7 Å². The maximum absolute atomic E-state index is 11.2. The topological polar surface area (TPSA) is 46.2 Å². The fourth-order valence-electron chi connectivity index (χ4n) is 1.85. The first-order valence-electron chi connectivity index (χ1n) is 6.05. The maximum Gasteiger partial charge on any atom is 0.147 e. The van der Waals surface area contributed by atoms with Gasteiger partial charge in [-0.25, -0.2) is 8.42 Å². The first kappa shape index (κ1) is 16.8. The SMILES string of the molecule is C[C@H](CN[C@H](C)c1ccc(Cl)c(Cl)c1)CS(C)(=O)=O. The average Bonchev–Trinajstić information content (AvgIpc) is 2.27. The van der Waals surface area contributed by atoms with Crippen LogP contribution in [-0.2, 0) is 9.84 Å². The van der Waals surface area contributed by atoms with E-state index in [2.05, 4.69) is 5.32 Å². The molecular formula is C13H19Cl2NO2S. The second-order valence-corrected chi connectivity index (χ2v) is 8.00. The summed E-state index contributed by atoms with van der Waals surface area (Å²) in [6.07, 6.45) is 1.26. The van der Waals surface area contributed by atoms with Crippen LogP contribution in [-0.4, -0.2) is 27.0 Å². The molecule has 1 aromatic carbocycles. The van der Waals surface area contributed by atoms with Crippen molar-refractivity contribution >= 4 is 33.0 Å². The van der Waals surface area contributed by atoms with Crippen LogP contribution in [0, 0.1) is 5.92 Å². The number of halogens is 2. The standard InChI is InChI=1S/C13H19Cl2NO2S/c1-9(8-19(3,17)18)7-16-10(2)11-4-5-12(14)13(15)6-11/h4-6,9-10,16H,7-8H2,1-3H3/t9-,10-/m1/s1. The van der Waals surface area contributed by atoms with E-state index in [0.29, 0.717) is 16.6 Å². The van der Waals surface area contributed by atoms with Crippen LogP contribution < -0.4 is 5.32 Å². The van der Waals surface area contributed by atoms with Gasteiger partial charge in [0, 0.05) is 12.3 Å². The van der Waals surface area contributed by atoms with Crippen molar-refractivity contribution in [1.82, 2.24) is 5.32 Å². The molecule has 19 heavy (non-hydrogen) atoms. The summed E-state index contributed by atoms with van der Waals surface area (Å²) in [4.78, 5) is 0. The zero-order valence-corrected chi connectivity index (χ0v) is 13.6. The molecule has 2 atom stereocenters. The quantitative estimate of drug-likeness (QED) is 0.873. The lowest BCUT2D eigenvalue weighted by atomic mass is 10.1. The Morgan fingerprint density at radius 3 is 2.37 bits per heavy atom. The molecule has 0 spiro atoms. The van der Waals surface area contributed by atoms with Crippen LogP contribution in [0.2, 0.25) is 10.0 Å². The minimum Gasteiger partial charge on any atom is -0.310 e. The zero-order chi connectivity index (χ0) is 14.6. The van der Waals surface area contributed by atoms with Crippen molar-refractivity contribution in [2.75, 3.05) is 18.6 Å². The summed E-state index contributed by atoms with van der Waals surface area (Å²) in [5.74, 6) is 0.258. The summed E-state index contributed by atoms with van der Waals surface area (Å²) in [6, 6.07) is 5.59. The Hall–Kier alpha value is -0.290. The number of nitrogens with one attached hydrogen (secondary N) is 1. The highest BCUT2D eigenvalue weighted by atomic mass is 35.5. The number of sulfone groups is 1. The van der Waals surface area contributed by atoms with Crippen LogP contribution in [0.1, 0.15) is 25.5 Å². The van der Waals surface area contributed by atoms with Gasteiger partial charge in [0.2, 0.25) is 0 Å². The van der Waals surface area contributed by atoms with Gasteiger partial charge in [0.05, 0.1) is 15.8 Å². The van der Waals surface area contributed by atoms with Crippen molar-refractivity contribution < 1.29 is 8.42 Å². The van der Waals surface area contributed by atoms with Crippen molar-refractivity contribution in [3.63, 3.8) is 0 Å². The van der Waals surface area contributed by atoms with E-state index in [4.69, 9.17) is 23.2 Å². The molecule has 0 fully saturated rings. The van der Waals surface area contributed by atoms with Crippen molar-refractivity contribution in [2.24, 2.45) is 5.92 Å². The Morgan fingerprint density at radius 2 is 1.84 bits per heavy atom. The van der Waals surface area contributed by atoms with Crippen molar-refractivity contribution in [3.8, 4) is 0 Å². The maximum atomic E-state index is 11.2. The van der Waals surface area contributed by atoms with Gasteiger partial charge in [0.25, 0.3) is 0 Å². The van der Waals surface area contributed by atoms with Gasteiger partial charge in [-0.15, -0.1) is 0 Å². The molecule has 1 N–H and O–H groups in total. The molecule has 0 heterocycles. The van der Waals surface area contributed by atoms with Gasteiger partial charge in [0.1, 0.15) is 9.84 Å². The molecule has 0 saturated carbocycles. The summed E-state index contributed by atoms with van der Waals surface area (Å²) in [7, 11) is -2.93. The monoisotopic (exact) mass is 323 g/mol. The molecule has 1 rings (SSSR count). The molecule has 3 nitrogen and oxygen atoms in total. The number of hydrogen-bond donors (Lipinski definition) is 1. The molecule has 0 amide bonds. The summed E-state index contributed by atoms with van der Waals surface area (Å²) in [6.45, 7) is 4.55. The van der Waals surface area contributed by atoms with Crippen LogP contribution >= 0.6 is 23.2 Å². The van der Waals surface area contributed by atoms with E-state index in [9.17, 15) is 8.42 Å². The smallest absolute Gasteiger partial charge is 0.147 e. The molecule has 0 saturated heterocycles. The summed E-state index contributed by atoms with van der Waals surface area (Å²) in [5, 5.41) is 4.36. The average molecular weight is 324 g/mol. The summed E-state index contributed by atoms with van der Waals surface area (Å²) < 4.78 is 22.4. The lowest BCUT2D eigenvalue weighted by molar-refractivity contribution is 0.492. The lowest BCUT2D eigenvalue weighted by Gasteiger charge is -2.18. The largest absolute Gasteiger partial charge is 0.310 e. The fraction of sp³-hybridized carbons (Fsp3) is 0.538. The third-order valence-corrected chi connectivity index (χ3v) is 4.72. The predicted molar refractivity (Wildman–Crippen MR) is 81.8 cm³/mol. The molecule has 0 aliphatic heterocycles. The van der Waals surface area contributed by atoms with Crippen LogP contribution in [0.25, 0.3) is 0 Å². The Bertz CT molecular complexity index is 531. The van der Waals surface area contributed by atoms with Gasteiger partial charge in [-0.1, -0.05) is 36.2 Å². The third-order valence-electron chi connectivity index (χ3n) is 2.80. The van der Waals surface area contributed by atoms with E-state index >= 15 is 0 Å². The van der Waals surface area contributed by atoms with Gasteiger partial charge in [-0.3, -0.25) is 0 Å². The number of rotatable bonds is 6. The van der Waals surface area contributed by atoms with Crippen molar-refractivity contribution in [2.45, 2.75) is 19.9 Å². The Labute approximate surface area is 125 Å². The minimum atomic E-state index is -2.93. The first-order chi connectivity index (χ1) is 8.69. The summed E-state index contributed by atoms with van der Waals surface area (Å²) in [5.41, 5.74) is 1.03. The molecule has 0 bridgehead atoms. The molecule has 1 aromatic rings. The van der Waals surface area contributed by atoms with Gasteiger partial charge in [-0.05, 0) is 37.1 Å². The summed E-state index contributed by atoms with van der Waals surface area (Å²) >= 11 is 11.8. The molecule has 0 aliphatic rings. The molecule has 0 aliphatic carbocycles. The van der Waals surface area contributed by atoms with Crippen LogP contribution in [0.15, 0.2) is 18.2 Å². The van der Waals surface area contributed by atoms with E-state index in [1.165, 1.54) is 6.26 Å². The van der Waals surface area contributed by atoms with Gasteiger partial charge >= 0.3 is 0 Å². The minimum absolute atomic E-state index is 0.0697. The highest BCUT2D eigenvalue weighted by Crippen LogP contribution is 2.25. The predicted octanol–water partition coefficient (Wildman–Crippen LogP) is 3.32. The van der Waals surface area contributed by atoms with Crippen LogP contribution in [0.3, 0.4) is 0 Å². The molecule has 0 aromatic heterocycles. The van der Waals surface area contributed by atoms with Crippen LogP contribution in [0.5, 0.6) is 0 Å². The van der Waals surface area contributed by atoms with E-state index < -0.39 is 9.84 Å². The van der Waals surface area contributed by atoms with Crippen molar-refractivity contribution in [1.29, 1.82) is 0 Å². The third kappa shape index (κ3) is 6.13. The molecule has 0 radical (unpaired) electrons. The molecule has 108 valence electrons. The fourth-order valence-corrected chi connectivity index (χ4v) is 3.31. The highest BCUT2D eigenvalue weighted by Gasteiger charge is 2.13. The normalized spacial score (nSPS) is 15.2.